The number of benzene rings is 1. The number of hydrogen-bond acceptors (Lipinski definition) is 3. The van der Waals surface area contributed by atoms with E-state index in [2.05, 4.69) is 16.4 Å². The first-order valence-electron chi connectivity index (χ1n) is 6.62. The number of nitrogens with two attached hydrogens (primary N) is 1. The minimum atomic E-state index is 0. The number of fused-ring (bicyclic) bond motifs is 1. The minimum Gasteiger partial charge on any atom is -0.493 e. The molecule has 2 heterocycles. The van der Waals surface area contributed by atoms with E-state index in [4.69, 9.17) is 14.9 Å². The number of furan rings is 1. The van der Waals surface area contributed by atoms with Crippen LogP contribution in [0.1, 0.15) is 23.6 Å². The lowest BCUT2D eigenvalue weighted by atomic mass is 10.0. The highest BCUT2D eigenvalue weighted by Gasteiger charge is 2.21. The van der Waals surface area contributed by atoms with E-state index in [1.54, 1.807) is 12.5 Å². The number of halogens is 1. The zero-order valence-corrected chi connectivity index (χ0v) is 13.8. The van der Waals surface area contributed by atoms with Crippen LogP contribution in [0.2, 0.25) is 0 Å². The molecule has 1 aromatic carbocycles. The summed E-state index contributed by atoms with van der Waals surface area (Å²) >= 11 is 0. The van der Waals surface area contributed by atoms with Gasteiger partial charge in [0.05, 0.1) is 31.7 Å². The van der Waals surface area contributed by atoms with E-state index in [1.807, 2.05) is 24.3 Å². The molecule has 21 heavy (non-hydrogen) atoms. The predicted molar refractivity (Wildman–Crippen MR) is 91.9 cm³/mol. The van der Waals surface area contributed by atoms with E-state index in [9.17, 15) is 0 Å². The molecule has 1 atom stereocenters. The van der Waals surface area contributed by atoms with Gasteiger partial charge in [0.1, 0.15) is 5.75 Å². The number of aliphatic imine (C=N–C) groups is 1. The van der Waals surface area contributed by atoms with Gasteiger partial charge in [-0.15, -0.1) is 24.0 Å². The Hall–Kier alpha value is -1.70. The van der Waals surface area contributed by atoms with Gasteiger partial charge < -0.3 is 20.2 Å². The van der Waals surface area contributed by atoms with E-state index < -0.39 is 0 Å². The second kappa shape index (κ2) is 7.35. The van der Waals surface area contributed by atoms with Crippen LogP contribution in [-0.2, 0) is 6.54 Å². The van der Waals surface area contributed by atoms with Crippen LogP contribution >= 0.6 is 24.0 Å². The van der Waals surface area contributed by atoms with Gasteiger partial charge in [-0.05, 0) is 12.1 Å². The summed E-state index contributed by atoms with van der Waals surface area (Å²) in [6, 6.07) is 10.0. The first kappa shape index (κ1) is 15.7. The van der Waals surface area contributed by atoms with E-state index in [-0.39, 0.29) is 30.0 Å². The Kier molecular flexibility index (Phi) is 5.49. The van der Waals surface area contributed by atoms with Gasteiger partial charge in [-0.2, -0.15) is 0 Å². The summed E-state index contributed by atoms with van der Waals surface area (Å²) in [5, 5.41) is 3.25. The third-order valence-corrected chi connectivity index (χ3v) is 3.29. The molecule has 6 heteroatoms. The number of nitrogens with one attached hydrogen (secondary N) is 1. The normalized spacial score (nSPS) is 17.3. The summed E-state index contributed by atoms with van der Waals surface area (Å²) in [5.74, 6) is 1.35. The summed E-state index contributed by atoms with van der Waals surface area (Å²) in [6.45, 7) is 1.20. The lowest BCUT2D eigenvalue weighted by Gasteiger charge is -2.26. The second-order valence-electron chi connectivity index (χ2n) is 4.70. The molecule has 3 rings (SSSR count). The molecule has 0 aliphatic carbocycles. The smallest absolute Gasteiger partial charge is 0.189 e. The number of guanidine groups is 1. The van der Waals surface area contributed by atoms with Crippen molar-refractivity contribution in [3.8, 4) is 5.75 Å². The van der Waals surface area contributed by atoms with Crippen molar-refractivity contribution in [2.24, 2.45) is 10.7 Å². The highest BCUT2D eigenvalue weighted by molar-refractivity contribution is 14.0. The third-order valence-electron chi connectivity index (χ3n) is 3.29. The molecule has 3 N–H and O–H groups in total. The highest BCUT2D eigenvalue weighted by atomic mass is 127. The van der Waals surface area contributed by atoms with E-state index in [1.165, 1.54) is 0 Å². The summed E-state index contributed by atoms with van der Waals surface area (Å²) in [7, 11) is 0. The van der Waals surface area contributed by atoms with Gasteiger partial charge >= 0.3 is 0 Å². The van der Waals surface area contributed by atoms with Gasteiger partial charge in [-0.3, -0.25) is 0 Å². The molecule has 0 saturated heterocycles. The van der Waals surface area contributed by atoms with Crippen molar-refractivity contribution in [2.45, 2.75) is 19.0 Å². The maximum Gasteiger partial charge on any atom is 0.189 e. The monoisotopic (exact) mass is 399 g/mol. The van der Waals surface area contributed by atoms with E-state index in [0.29, 0.717) is 19.1 Å². The number of nitrogens with zero attached hydrogens (tertiary/aromatic N) is 1. The van der Waals surface area contributed by atoms with Gasteiger partial charge in [0, 0.05) is 17.5 Å². The first-order chi connectivity index (χ1) is 9.83. The number of rotatable bonds is 3. The molecule has 0 saturated carbocycles. The standard InChI is InChI=1S/C15H17N3O2.HI/c16-15(17-9-11-5-7-19-10-11)18-13-6-8-20-14-4-2-1-3-12(13)14;/h1-5,7,10,13H,6,8-9H2,(H3,16,17,18);1H. The molecule has 1 aromatic heterocycles. The molecule has 1 aliphatic rings. The molecule has 0 fully saturated rings. The van der Waals surface area contributed by atoms with Crippen molar-refractivity contribution >= 4 is 29.9 Å². The molecular weight excluding hydrogens is 381 g/mol. The Labute approximate surface area is 140 Å². The van der Waals surface area contributed by atoms with Crippen molar-refractivity contribution in [3.63, 3.8) is 0 Å². The van der Waals surface area contributed by atoms with Crippen molar-refractivity contribution in [1.29, 1.82) is 0 Å². The number of hydrogen-bond donors (Lipinski definition) is 2. The fraction of sp³-hybridized carbons (Fsp3) is 0.267. The van der Waals surface area contributed by atoms with Gasteiger partial charge in [-0.1, -0.05) is 18.2 Å². The number of ether oxygens (including phenoxy) is 1. The van der Waals surface area contributed by atoms with Crippen molar-refractivity contribution in [3.05, 3.63) is 54.0 Å². The predicted octanol–water partition coefficient (Wildman–Crippen LogP) is 2.83. The fourth-order valence-electron chi connectivity index (χ4n) is 2.28. The van der Waals surface area contributed by atoms with Crippen LogP contribution < -0.4 is 15.8 Å². The molecule has 0 bridgehead atoms. The largest absolute Gasteiger partial charge is 0.493 e. The van der Waals surface area contributed by atoms with Crippen molar-refractivity contribution in [1.82, 2.24) is 5.32 Å². The lowest BCUT2D eigenvalue weighted by molar-refractivity contribution is 0.262. The second-order valence-corrected chi connectivity index (χ2v) is 4.70. The molecule has 0 amide bonds. The van der Waals surface area contributed by atoms with Crippen molar-refractivity contribution < 1.29 is 9.15 Å². The fourth-order valence-corrected chi connectivity index (χ4v) is 2.28. The first-order valence-corrected chi connectivity index (χ1v) is 6.62. The van der Waals surface area contributed by atoms with Crippen LogP contribution in [0.25, 0.3) is 0 Å². The summed E-state index contributed by atoms with van der Waals surface area (Å²) < 4.78 is 10.6. The third kappa shape index (κ3) is 3.90. The Bertz CT molecular complexity index is 599. The molecule has 2 aromatic rings. The summed E-state index contributed by atoms with van der Waals surface area (Å²) in [4.78, 5) is 4.32. The Morgan fingerprint density at radius 3 is 3.00 bits per heavy atom. The Morgan fingerprint density at radius 2 is 2.19 bits per heavy atom. The van der Waals surface area contributed by atoms with E-state index >= 15 is 0 Å². The number of para-hydroxylation sites is 1. The zero-order valence-electron chi connectivity index (χ0n) is 11.5. The van der Waals surface area contributed by atoms with Crippen LogP contribution in [-0.4, -0.2) is 12.6 Å². The van der Waals surface area contributed by atoms with Crippen LogP contribution in [0, 0.1) is 0 Å². The van der Waals surface area contributed by atoms with Crippen LogP contribution in [0.15, 0.2) is 52.3 Å². The van der Waals surface area contributed by atoms with Gasteiger partial charge in [0.2, 0.25) is 0 Å². The lowest BCUT2D eigenvalue weighted by Crippen LogP contribution is -2.37. The Morgan fingerprint density at radius 1 is 1.33 bits per heavy atom. The molecule has 5 nitrogen and oxygen atoms in total. The molecule has 1 unspecified atom stereocenters. The maximum absolute atomic E-state index is 5.95. The maximum atomic E-state index is 5.95. The van der Waals surface area contributed by atoms with Gasteiger partial charge in [0.15, 0.2) is 5.96 Å². The minimum absolute atomic E-state index is 0. The van der Waals surface area contributed by atoms with Crippen LogP contribution in [0.5, 0.6) is 5.75 Å². The zero-order chi connectivity index (χ0) is 13.8. The molecule has 0 spiro atoms. The Balaban J connectivity index is 0.00000161. The quantitative estimate of drug-likeness (QED) is 0.473. The molecule has 0 radical (unpaired) electrons. The SMILES string of the molecule is I.NC(=NCc1ccoc1)NC1CCOc2ccccc21. The molecular formula is C15H18IN3O2. The average Bonchev–Trinajstić information content (AvgIpc) is 2.99. The molecule has 112 valence electrons. The summed E-state index contributed by atoms with van der Waals surface area (Å²) in [6.07, 6.45) is 4.17. The van der Waals surface area contributed by atoms with Gasteiger partial charge in [0.25, 0.3) is 0 Å². The van der Waals surface area contributed by atoms with Gasteiger partial charge in [-0.25, -0.2) is 4.99 Å². The van der Waals surface area contributed by atoms with Crippen LogP contribution in [0.4, 0.5) is 0 Å². The highest BCUT2D eigenvalue weighted by Crippen LogP contribution is 2.31. The van der Waals surface area contributed by atoms with Crippen LogP contribution in [0.3, 0.4) is 0 Å². The topological polar surface area (TPSA) is 72.8 Å². The van der Waals surface area contributed by atoms with Crippen molar-refractivity contribution in [2.75, 3.05) is 6.61 Å². The average molecular weight is 399 g/mol. The van der Waals surface area contributed by atoms with E-state index in [0.717, 1.165) is 23.3 Å². The molecule has 1 aliphatic heterocycles. The summed E-state index contributed by atoms with van der Waals surface area (Å²) in [5.41, 5.74) is 8.07.